The molecule has 1 aromatic carbocycles. The van der Waals surface area contributed by atoms with Gasteiger partial charge in [0.25, 0.3) is 5.69 Å². The Bertz CT molecular complexity index is 858. The Morgan fingerprint density at radius 2 is 1.96 bits per heavy atom. The maximum absolute atomic E-state index is 12.2. The summed E-state index contributed by atoms with van der Waals surface area (Å²) in [4.78, 5) is 24.7. The first-order chi connectivity index (χ1) is 12.6. The normalized spacial score (nSPS) is 15.9. The molecule has 1 aliphatic heterocycles. The average molecular weight is 373 g/mol. The summed E-state index contributed by atoms with van der Waals surface area (Å²) in [6.07, 6.45) is 3.60. The van der Waals surface area contributed by atoms with E-state index in [2.05, 4.69) is 10.8 Å². The predicted octanol–water partition coefficient (Wildman–Crippen LogP) is 4.51. The van der Waals surface area contributed by atoms with Gasteiger partial charge in [-0.1, -0.05) is 0 Å². The number of aryl methyl sites for hydroxylation is 1. The molecule has 1 saturated heterocycles. The fourth-order valence-corrected chi connectivity index (χ4v) is 3.63. The summed E-state index contributed by atoms with van der Waals surface area (Å²) in [5.41, 5.74) is 1.65. The van der Waals surface area contributed by atoms with E-state index >= 15 is 0 Å². The highest BCUT2D eigenvalue weighted by Crippen LogP contribution is 2.28. The highest BCUT2D eigenvalue weighted by molar-refractivity contribution is 5.85. The van der Waals surface area contributed by atoms with Crippen LogP contribution in [0.3, 0.4) is 0 Å². The highest BCUT2D eigenvalue weighted by Gasteiger charge is 2.27. The van der Waals surface area contributed by atoms with Crippen molar-refractivity contribution in [3.63, 3.8) is 0 Å². The fourth-order valence-electron chi connectivity index (χ4n) is 3.63. The molecule has 1 fully saturated rings. The molecular weight excluding hydrogens is 346 g/mol. The van der Waals surface area contributed by atoms with Crippen LogP contribution in [0.25, 0.3) is 10.9 Å². The second kappa shape index (κ2) is 7.21. The molecule has 146 valence electrons. The van der Waals surface area contributed by atoms with Gasteiger partial charge in [0.2, 0.25) is 0 Å². The molecule has 0 N–H and O–H groups in total. The van der Waals surface area contributed by atoms with Crippen molar-refractivity contribution in [3.8, 4) is 0 Å². The Balaban J connectivity index is 1.68. The van der Waals surface area contributed by atoms with E-state index < -0.39 is 5.60 Å². The van der Waals surface area contributed by atoms with Gasteiger partial charge in [0.15, 0.2) is 0 Å². The molecule has 2 heterocycles. The summed E-state index contributed by atoms with van der Waals surface area (Å²) in [5.74, 6) is 0.429. The lowest BCUT2D eigenvalue weighted by Gasteiger charge is -2.33. The minimum Gasteiger partial charge on any atom is -0.444 e. The van der Waals surface area contributed by atoms with Crippen molar-refractivity contribution in [1.82, 2.24) is 9.47 Å². The number of piperidine rings is 1. The first kappa shape index (κ1) is 19.2. The zero-order valence-corrected chi connectivity index (χ0v) is 16.4. The van der Waals surface area contributed by atoms with Crippen molar-refractivity contribution in [2.24, 2.45) is 5.92 Å². The number of nitrogens with zero attached hydrogens (tertiary/aromatic N) is 3. The van der Waals surface area contributed by atoms with Crippen molar-refractivity contribution in [1.29, 1.82) is 0 Å². The summed E-state index contributed by atoms with van der Waals surface area (Å²) >= 11 is 0. The Kier molecular flexibility index (Phi) is 5.13. The van der Waals surface area contributed by atoms with E-state index in [0.717, 1.165) is 35.9 Å². The highest BCUT2D eigenvalue weighted by atomic mass is 16.6. The quantitative estimate of drug-likeness (QED) is 0.586. The number of carbonyl (C=O) groups excluding carboxylic acids is 1. The van der Waals surface area contributed by atoms with Gasteiger partial charge in [0.05, 0.1) is 10.4 Å². The van der Waals surface area contributed by atoms with Crippen molar-refractivity contribution in [2.45, 2.75) is 52.7 Å². The molecule has 1 aliphatic rings. The fraction of sp³-hybridized carbons (Fsp3) is 0.550. The number of hydrogen-bond acceptors (Lipinski definition) is 4. The maximum Gasteiger partial charge on any atom is 0.410 e. The molecule has 0 unspecified atom stereocenters. The van der Waals surface area contributed by atoms with Crippen LogP contribution in [0.2, 0.25) is 0 Å². The lowest BCUT2D eigenvalue weighted by molar-refractivity contribution is -0.384. The standard InChI is InChI=1S/C20H27N3O4/c1-14-12-22(18-11-16(23(25)26)5-6-17(14)18)13-15-7-9-21(10-8-15)19(24)27-20(2,3)4/h5-6,11-12,15H,7-10,13H2,1-4H3. The summed E-state index contributed by atoms with van der Waals surface area (Å²) in [6.45, 7) is 9.79. The average Bonchev–Trinajstić information content (AvgIpc) is 2.89. The van der Waals surface area contributed by atoms with Crippen LogP contribution in [0.5, 0.6) is 0 Å². The molecule has 27 heavy (non-hydrogen) atoms. The molecule has 0 bridgehead atoms. The number of non-ortho nitro benzene ring substituents is 1. The van der Waals surface area contributed by atoms with Gasteiger partial charge in [0.1, 0.15) is 5.60 Å². The van der Waals surface area contributed by atoms with Gasteiger partial charge >= 0.3 is 6.09 Å². The molecule has 7 nitrogen and oxygen atoms in total. The number of ether oxygens (including phenoxy) is 1. The van der Waals surface area contributed by atoms with Gasteiger partial charge in [-0.05, 0) is 58.1 Å². The molecule has 2 aromatic rings. The molecule has 7 heteroatoms. The topological polar surface area (TPSA) is 77.6 Å². The van der Waals surface area contributed by atoms with Crippen LogP contribution in [-0.2, 0) is 11.3 Å². The molecule has 1 amide bonds. The lowest BCUT2D eigenvalue weighted by atomic mass is 9.97. The smallest absolute Gasteiger partial charge is 0.410 e. The number of benzene rings is 1. The van der Waals surface area contributed by atoms with Crippen molar-refractivity contribution >= 4 is 22.7 Å². The first-order valence-electron chi connectivity index (χ1n) is 9.36. The van der Waals surface area contributed by atoms with Crippen molar-refractivity contribution < 1.29 is 14.5 Å². The molecule has 0 atom stereocenters. The van der Waals surface area contributed by atoms with Crippen LogP contribution in [0, 0.1) is 23.0 Å². The Morgan fingerprint density at radius 1 is 1.30 bits per heavy atom. The SMILES string of the molecule is Cc1cn(CC2CCN(C(=O)OC(C)(C)C)CC2)c2cc([N+](=O)[O-])ccc12. The molecule has 3 rings (SSSR count). The van der Waals surface area contributed by atoms with Gasteiger partial charge in [0, 0.05) is 43.4 Å². The molecule has 0 saturated carbocycles. The van der Waals surface area contributed by atoms with Crippen LogP contribution in [0.4, 0.5) is 10.5 Å². The van der Waals surface area contributed by atoms with E-state index in [0.29, 0.717) is 19.0 Å². The number of hydrogen-bond donors (Lipinski definition) is 0. The molecule has 1 aromatic heterocycles. The van der Waals surface area contributed by atoms with Gasteiger partial charge in [-0.25, -0.2) is 4.79 Å². The van der Waals surface area contributed by atoms with Crippen LogP contribution in [0.15, 0.2) is 24.4 Å². The lowest BCUT2D eigenvalue weighted by Crippen LogP contribution is -2.42. The molecule has 0 spiro atoms. The molecule has 0 aliphatic carbocycles. The second-order valence-corrected chi connectivity index (χ2v) is 8.33. The molecular formula is C20H27N3O4. The zero-order valence-electron chi connectivity index (χ0n) is 16.4. The Hall–Kier alpha value is -2.57. The summed E-state index contributed by atoms with van der Waals surface area (Å²) < 4.78 is 7.56. The van der Waals surface area contributed by atoms with Gasteiger partial charge in [-0.2, -0.15) is 0 Å². The molecule has 0 radical (unpaired) electrons. The minimum atomic E-state index is -0.482. The van der Waals surface area contributed by atoms with E-state index in [1.54, 1.807) is 17.0 Å². The summed E-state index contributed by atoms with van der Waals surface area (Å²) in [6, 6.07) is 5.03. The minimum absolute atomic E-state index is 0.113. The monoisotopic (exact) mass is 373 g/mol. The van der Waals surface area contributed by atoms with Crippen LogP contribution >= 0.6 is 0 Å². The first-order valence-corrected chi connectivity index (χ1v) is 9.36. The van der Waals surface area contributed by atoms with Gasteiger partial charge in [-0.15, -0.1) is 0 Å². The zero-order chi connectivity index (χ0) is 19.8. The van der Waals surface area contributed by atoms with E-state index in [1.807, 2.05) is 33.8 Å². The largest absolute Gasteiger partial charge is 0.444 e. The Morgan fingerprint density at radius 3 is 2.56 bits per heavy atom. The number of amides is 1. The number of carbonyl (C=O) groups is 1. The summed E-state index contributed by atoms with van der Waals surface area (Å²) in [5, 5.41) is 12.1. The van der Waals surface area contributed by atoms with Gasteiger partial charge in [-0.3, -0.25) is 10.1 Å². The third-order valence-electron chi connectivity index (χ3n) is 5.00. The number of aromatic nitrogens is 1. The van der Waals surface area contributed by atoms with Crippen LogP contribution in [0.1, 0.15) is 39.2 Å². The number of rotatable bonds is 3. The number of nitro groups is 1. The number of likely N-dealkylation sites (tertiary alicyclic amines) is 1. The van der Waals surface area contributed by atoms with Crippen LogP contribution in [-0.4, -0.2) is 39.2 Å². The van der Waals surface area contributed by atoms with Crippen molar-refractivity contribution in [2.75, 3.05) is 13.1 Å². The van der Waals surface area contributed by atoms with Crippen molar-refractivity contribution in [3.05, 3.63) is 40.1 Å². The number of fused-ring (bicyclic) bond motifs is 1. The maximum atomic E-state index is 12.2. The van der Waals surface area contributed by atoms with E-state index in [1.165, 1.54) is 0 Å². The number of nitro benzene ring substituents is 1. The van der Waals surface area contributed by atoms with E-state index in [9.17, 15) is 14.9 Å². The van der Waals surface area contributed by atoms with Gasteiger partial charge < -0.3 is 14.2 Å². The van der Waals surface area contributed by atoms with E-state index in [-0.39, 0.29) is 16.7 Å². The third kappa shape index (κ3) is 4.40. The van der Waals surface area contributed by atoms with Crippen LogP contribution < -0.4 is 0 Å². The summed E-state index contributed by atoms with van der Waals surface area (Å²) in [7, 11) is 0. The third-order valence-corrected chi connectivity index (χ3v) is 5.00. The van der Waals surface area contributed by atoms with E-state index in [4.69, 9.17) is 4.74 Å². The Labute approximate surface area is 159 Å². The second-order valence-electron chi connectivity index (χ2n) is 8.33. The predicted molar refractivity (Wildman–Crippen MR) is 104 cm³/mol.